The summed E-state index contributed by atoms with van der Waals surface area (Å²) < 4.78 is 1.08. The van der Waals surface area contributed by atoms with E-state index in [1.165, 1.54) is 23.5 Å². The number of hydrogen-bond acceptors (Lipinski definition) is 5. The van der Waals surface area contributed by atoms with Gasteiger partial charge < -0.3 is 5.11 Å². The zero-order valence-electron chi connectivity index (χ0n) is 8.03. The zero-order valence-corrected chi connectivity index (χ0v) is 8.85. The first kappa shape index (κ1) is 10.5. The normalized spacial score (nSPS) is 10.2. The molecular weight excluding hydrogens is 230 g/mol. The quantitative estimate of drug-likeness (QED) is 0.837. The van der Waals surface area contributed by atoms with Gasteiger partial charge in [-0.2, -0.15) is 5.10 Å². The lowest BCUT2D eigenvalue weighted by atomic mass is 10.4. The van der Waals surface area contributed by atoms with Crippen molar-refractivity contribution in [2.24, 2.45) is 0 Å². The Labute approximate surface area is 93.8 Å². The molecule has 2 aromatic heterocycles. The Bertz CT molecular complexity index is 562. The van der Waals surface area contributed by atoms with Crippen LogP contribution in [0.2, 0.25) is 0 Å². The largest absolute Gasteiger partial charge is 0.476 e. The summed E-state index contributed by atoms with van der Waals surface area (Å²) in [5.41, 5.74) is 1.82. The molecule has 0 saturated heterocycles. The van der Waals surface area contributed by atoms with Gasteiger partial charge in [-0.05, 0) is 6.07 Å². The van der Waals surface area contributed by atoms with Crippen LogP contribution >= 0.6 is 11.3 Å². The van der Waals surface area contributed by atoms with Crippen molar-refractivity contribution in [3.8, 4) is 0 Å². The van der Waals surface area contributed by atoms with E-state index in [-0.39, 0.29) is 17.8 Å². The van der Waals surface area contributed by atoms with Crippen molar-refractivity contribution in [1.29, 1.82) is 0 Å². The van der Waals surface area contributed by atoms with Crippen LogP contribution in [0.1, 0.15) is 16.2 Å². The van der Waals surface area contributed by atoms with E-state index in [0.29, 0.717) is 5.69 Å². The molecule has 0 radical (unpaired) electrons. The van der Waals surface area contributed by atoms with Crippen molar-refractivity contribution >= 4 is 17.3 Å². The van der Waals surface area contributed by atoms with Gasteiger partial charge in [0.25, 0.3) is 5.56 Å². The lowest BCUT2D eigenvalue weighted by Gasteiger charge is -2.02. The predicted octanol–water partition coefficient (Wildman–Crippen LogP) is 0.446. The van der Waals surface area contributed by atoms with Crippen LogP contribution < -0.4 is 5.56 Å². The van der Waals surface area contributed by atoms with Crippen LogP contribution in [0.15, 0.2) is 27.8 Å². The first-order valence-corrected chi connectivity index (χ1v) is 5.29. The van der Waals surface area contributed by atoms with Crippen LogP contribution in [0.5, 0.6) is 0 Å². The van der Waals surface area contributed by atoms with E-state index in [0.717, 1.165) is 4.68 Å². The van der Waals surface area contributed by atoms with Crippen LogP contribution in [-0.2, 0) is 6.54 Å². The molecule has 0 fully saturated rings. The average molecular weight is 237 g/mol. The summed E-state index contributed by atoms with van der Waals surface area (Å²) in [4.78, 5) is 26.1. The van der Waals surface area contributed by atoms with Gasteiger partial charge in [0.1, 0.15) is 0 Å². The van der Waals surface area contributed by atoms with Crippen molar-refractivity contribution in [3.63, 3.8) is 0 Å². The Balaban J connectivity index is 2.36. The molecule has 2 aromatic rings. The van der Waals surface area contributed by atoms with Gasteiger partial charge in [0.05, 0.1) is 17.7 Å². The second-order valence-corrected chi connectivity index (χ2v) is 3.72. The lowest BCUT2D eigenvalue weighted by Crippen LogP contribution is -2.24. The Kier molecular flexibility index (Phi) is 2.78. The Morgan fingerprint density at radius 2 is 2.31 bits per heavy atom. The van der Waals surface area contributed by atoms with Gasteiger partial charge in [0.15, 0.2) is 5.69 Å². The molecule has 0 unspecified atom stereocenters. The summed E-state index contributed by atoms with van der Waals surface area (Å²) in [6.07, 6.45) is 0. The minimum absolute atomic E-state index is 0.158. The third kappa shape index (κ3) is 2.14. The molecule has 2 heterocycles. The van der Waals surface area contributed by atoms with Crippen molar-refractivity contribution in [2.45, 2.75) is 6.54 Å². The Morgan fingerprint density at radius 1 is 1.50 bits per heavy atom. The zero-order chi connectivity index (χ0) is 11.5. The van der Waals surface area contributed by atoms with Crippen molar-refractivity contribution < 1.29 is 9.90 Å². The fraction of sp³-hybridized carbons (Fsp3) is 0.111. The topological polar surface area (TPSA) is 85.1 Å². The van der Waals surface area contributed by atoms with E-state index in [2.05, 4.69) is 10.1 Å². The summed E-state index contributed by atoms with van der Waals surface area (Å²) >= 11 is 1.40. The van der Waals surface area contributed by atoms with Crippen LogP contribution in [0.4, 0.5) is 0 Å². The molecule has 0 aliphatic rings. The second-order valence-electron chi connectivity index (χ2n) is 3.00. The first-order valence-electron chi connectivity index (χ1n) is 4.35. The van der Waals surface area contributed by atoms with Gasteiger partial charge >= 0.3 is 5.97 Å². The highest BCUT2D eigenvalue weighted by Gasteiger charge is 2.07. The number of carboxylic acids is 1. The number of carboxylic acid groups (broad SMARTS) is 1. The van der Waals surface area contributed by atoms with Gasteiger partial charge in [0, 0.05) is 11.4 Å². The van der Waals surface area contributed by atoms with Crippen LogP contribution in [-0.4, -0.2) is 25.8 Å². The van der Waals surface area contributed by atoms with Crippen LogP contribution in [0.25, 0.3) is 0 Å². The Hall–Kier alpha value is -2.02. The van der Waals surface area contributed by atoms with Gasteiger partial charge in [-0.15, -0.1) is 11.3 Å². The third-order valence-corrected chi connectivity index (χ3v) is 2.52. The van der Waals surface area contributed by atoms with E-state index in [9.17, 15) is 9.59 Å². The fourth-order valence-electron chi connectivity index (χ4n) is 1.15. The fourth-order valence-corrected chi connectivity index (χ4v) is 1.69. The van der Waals surface area contributed by atoms with E-state index in [1.807, 2.05) is 0 Å². The van der Waals surface area contributed by atoms with Gasteiger partial charge in [0.2, 0.25) is 0 Å². The van der Waals surface area contributed by atoms with Crippen molar-refractivity contribution in [3.05, 3.63) is 44.8 Å². The highest BCUT2D eigenvalue weighted by atomic mass is 32.1. The lowest BCUT2D eigenvalue weighted by molar-refractivity contribution is 0.0687. The summed E-state index contributed by atoms with van der Waals surface area (Å²) in [5.74, 6) is -1.16. The number of aromatic carboxylic acids is 1. The molecule has 6 nitrogen and oxygen atoms in total. The first-order chi connectivity index (χ1) is 7.66. The molecule has 0 spiro atoms. The molecule has 2 rings (SSSR count). The van der Waals surface area contributed by atoms with E-state index in [1.54, 1.807) is 10.9 Å². The van der Waals surface area contributed by atoms with Crippen LogP contribution in [0.3, 0.4) is 0 Å². The SMILES string of the molecule is O=C(O)c1ccc(=O)n(Cc2cscn2)n1. The predicted molar refractivity (Wildman–Crippen MR) is 56.7 cm³/mol. The molecule has 0 aliphatic carbocycles. The average Bonchev–Trinajstić information content (AvgIpc) is 2.73. The third-order valence-electron chi connectivity index (χ3n) is 1.88. The molecule has 0 saturated carbocycles. The molecule has 0 atom stereocenters. The monoisotopic (exact) mass is 237 g/mol. The van der Waals surface area contributed by atoms with Crippen molar-refractivity contribution in [1.82, 2.24) is 14.8 Å². The minimum Gasteiger partial charge on any atom is -0.476 e. The van der Waals surface area contributed by atoms with E-state index < -0.39 is 5.97 Å². The molecule has 16 heavy (non-hydrogen) atoms. The smallest absolute Gasteiger partial charge is 0.356 e. The molecule has 82 valence electrons. The summed E-state index contributed by atoms with van der Waals surface area (Å²) in [5, 5.41) is 14.2. The van der Waals surface area contributed by atoms with Gasteiger partial charge in [-0.25, -0.2) is 14.5 Å². The maximum absolute atomic E-state index is 11.4. The summed E-state index contributed by atoms with van der Waals surface area (Å²) in [7, 11) is 0. The van der Waals surface area contributed by atoms with Crippen LogP contribution in [0, 0.1) is 0 Å². The summed E-state index contributed by atoms with van der Waals surface area (Å²) in [6, 6.07) is 2.37. The molecule has 0 bridgehead atoms. The number of thiazole rings is 1. The molecule has 0 amide bonds. The molecule has 0 aliphatic heterocycles. The standard InChI is InChI=1S/C9H7N3O3S/c13-8-2-1-7(9(14)15)11-12(8)3-6-4-16-5-10-6/h1-2,4-5H,3H2,(H,14,15). The number of aromatic nitrogens is 3. The maximum Gasteiger partial charge on any atom is 0.356 e. The van der Waals surface area contributed by atoms with E-state index in [4.69, 9.17) is 5.11 Å². The van der Waals surface area contributed by atoms with Crippen molar-refractivity contribution in [2.75, 3.05) is 0 Å². The minimum atomic E-state index is -1.16. The Morgan fingerprint density at radius 3 is 2.94 bits per heavy atom. The number of hydrogen-bond donors (Lipinski definition) is 1. The maximum atomic E-state index is 11.4. The molecular formula is C9H7N3O3S. The molecule has 1 N–H and O–H groups in total. The van der Waals surface area contributed by atoms with Gasteiger partial charge in [-0.1, -0.05) is 0 Å². The molecule has 0 aromatic carbocycles. The second kappa shape index (κ2) is 4.23. The number of nitrogens with zero attached hydrogens (tertiary/aromatic N) is 3. The molecule has 7 heteroatoms. The highest BCUT2D eigenvalue weighted by molar-refractivity contribution is 7.07. The number of rotatable bonds is 3. The number of carbonyl (C=O) groups is 1. The summed E-state index contributed by atoms with van der Waals surface area (Å²) in [6.45, 7) is 0.184. The van der Waals surface area contributed by atoms with E-state index >= 15 is 0 Å². The van der Waals surface area contributed by atoms with Gasteiger partial charge in [-0.3, -0.25) is 4.79 Å². The highest BCUT2D eigenvalue weighted by Crippen LogP contribution is 2.01.